The van der Waals surface area contributed by atoms with E-state index in [2.05, 4.69) is 6.58 Å². The van der Waals surface area contributed by atoms with Crippen molar-refractivity contribution in [2.24, 2.45) is 0 Å². The highest BCUT2D eigenvalue weighted by molar-refractivity contribution is 8.04. The van der Waals surface area contributed by atoms with Crippen molar-refractivity contribution < 1.29 is 4.79 Å². The number of hydrogen-bond acceptors (Lipinski definition) is 3. The Morgan fingerprint density at radius 1 is 1.53 bits per heavy atom. The summed E-state index contributed by atoms with van der Waals surface area (Å²) >= 11 is 0.943. The summed E-state index contributed by atoms with van der Waals surface area (Å²) < 4.78 is 0. The van der Waals surface area contributed by atoms with Crippen molar-refractivity contribution in [1.82, 2.24) is 0 Å². The van der Waals surface area contributed by atoms with Crippen LogP contribution >= 0.6 is 11.8 Å². The van der Waals surface area contributed by atoms with Gasteiger partial charge in [0.05, 0.1) is 5.75 Å². The summed E-state index contributed by atoms with van der Waals surface area (Å²) in [4.78, 5) is 11.3. The van der Waals surface area contributed by atoms with Crippen LogP contribution in [-0.2, 0) is 4.79 Å². The summed E-state index contributed by atoms with van der Waals surface area (Å²) in [5, 5.41) is 10.1. The molecule has 0 heterocycles. The second-order valence-electron chi connectivity index (χ2n) is 2.16. The Kier molecular flexibility index (Phi) is 13.7. The first-order chi connectivity index (χ1) is 7.26. The lowest BCUT2D eigenvalue weighted by Gasteiger charge is -1.96. The van der Waals surface area contributed by atoms with Crippen molar-refractivity contribution in [3.63, 3.8) is 0 Å². The zero-order valence-electron chi connectivity index (χ0n) is 9.49. The summed E-state index contributed by atoms with van der Waals surface area (Å²) in [6.45, 7) is 9.35. The minimum absolute atomic E-state index is 0.0513. The van der Waals surface area contributed by atoms with Gasteiger partial charge in [0.15, 0.2) is 5.78 Å². The molecule has 0 rings (SSSR count). The third kappa shape index (κ3) is 9.04. The first-order valence-electron chi connectivity index (χ1n) is 4.75. The number of ketones is 1. The van der Waals surface area contributed by atoms with Crippen LogP contribution in [0.15, 0.2) is 36.5 Å². The fourth-order valence-corrected chi connectivity index (χ4v) is 1.09. The van der Waals surface area contributed by atoms with E-state index < -0.39 is 0 Å². The Hall–Kier alpha value is -1.27. The van der Waals surface area contributed by atoms with Gasteiger partial charge < -0.3 is 0 Å². The maximum absolute atomic E-state index is 11.3. The zero-order valence-corrected chi connectivity index (χ0v) is 10.3. The van der Waals surface area contributed by atoms with Gasteiger partial charge in [-0.05, 0) is 18.7 Å². The van der Waals surface area contributed by atoms with Crippen LogP contribution in [0.4, 0.5) is 0 Å². The van der Waals surface area contributed by atoms with E-state index in [1.165, 1.54) is 0 Å². The molecular weight excluding hydrogens is 206 g/mol. The minimum Gasteiger partial charge on any atom is -0.293 e. The zero-order chi connectivity index (χ0) is 12.1. The van der Waals surface area contributed by atoms with Crippen molar-refractivity contribution in [1.29, 1.82) is 5.26 Å². The van der Waals surface area contributed by atoms with Crippen LogP contribution in [0, 0.1) is 10.7 Å². The number of carbonyl (C=O) groups excluding carboxylic acids is 1. The fourth-order valence-electron chi connectivity index (χ4n) is 0.729. The molecule has 82 valence electrons. The van der Waals surface area contributed by atoms with Gasteiger partial charge in [-0.3, -0.25) is 4.79 Å². The van der Waals surface area contributed by atoms with Crippen molar-refractivity contribution in [2.45, 2.75) is 20.8 Å². The second-order valence-corrected chi connectivity index (χ2v) is 2.92. The smallest absolute Gasteiger partial charge is 0.173 e. The third-order valence-electron chi connectivity index (χ3n) is 1.23. The lowest BCUT2D eigenvalue weighted by molar-refractivity contribution is -0.112. The molecule has 0 bridgehead atoms. The fraction of sp³-hybridized carbons (Fsp3) is 0.333. The number of rotatable bonds is 5. The summed E-state index contributed by atoms with van der Waals surface area (Å²) in [6, 6.07) is 0. The molecule has 0 aromatic rings. The number of nitrogens with zero attached hydrogens (tertiary/aromatic N) is 1. The molecule has 0 radical (unpaired) electrons. The quantitative estimate of drug-likeness (QED) is 0.407. The van der Waals surface area contributed by atoms with Crippen LogP contribution < -0.4 is 0 Å². The average molecular weight is 223 g/mol. The highest BCUT2D eigenvalue weighted by Gasteiger charge is 2.04. The topological polar surface area (TPSA) is 40.9 Å². The molecular formula is C12H17NOS. The van der Waals surface area contributed by atoms with Gasteiger partial charge in [0.2, 0.25) is 0 Å². The summed E-state index contributed by atoms with van der Waals surface area (Å²) in [5.41, 5.74) is 0.584. The van der Waals surface area contributed by atoms with Crippen molar-refractivity contribution in [3.05, 3.63) is 36.5 Å². The highest BCUT2D eigenvalue weighted by Crippen LogP contribution is 2.05. The van der Waals surface area contributed by atoms with Gasteiger partial charge in [-0.15, -0.1) is 0 Å². The van der Waals surface area contributed by atoms with Crippen molar-refractivity contribution in [3.8, 4) is 5.40 Å². The summed E-state index contributed by atoms with van der Waals surface area (Å²) in [6.07, 6.45) is 6.69. The van der Waals surface area contributed by atoms with Gasteiger partial charge in [0, 0.05) is 5.57 Å². The van der Waals surface area contributed by atoms with Crippen molar-refractivity contribution in [2.75, 3.05) is 5.75 Å². The predicted molar refractivity (Wildman–Crippen MR) is 67.5 cm³/mol. The van der Waals surface area contributed by atoms with Crippen LogP contribution in [0.3, 0.4) is 0 Å². The molecule has 0 amide bonds. The molecule has 0 aromatic heterocycles. The molecule has 0 aromatic carbocycles. The van der Waals surface area contributed by atoms with E-state index in [1.54, 1.807) is 24.3 Å². The second kappa shape index (κ2) is 12.7. The normalized spacial score (nSPS) is 10.1. The predicted octanol–water partition coefficient (Wildman–Crippen LogP) is 3.48. The standard InChI is InChI=1S/C10H11NOS.C2H6/c1-3-5-9(6-4-2)10(12)7-13-8-11;1-2/h3-6H,1,7H2,2H3;1-2H3/b6-4-,9-5+;. The molecule has 0 aliphatic carbocycles. The first kappa shape index (κ1) is 16.2. The Morgan fingerprint density at radius 2 is 2.13 bits per heavy atom. The van der Waals surface area contributed by atoms with E-state index in [0.717, 1.165) is 11.8 Å². The van der Waals surface area contributed by atoms with Crippen LogP contribution in [0.1, 0.15) is 20.8 Å². The number of allylic oxidation sites excluding steroid dienone is 5. The molecule has 15 heavy (non-hydrogen) atoms. The molecule has 0 spiro atoms. The lowest BCUT2D eigenvalue weighted by atomic mass is 10.1. The summed E-state index contributed by atoms with van der Waals surface area (Å²) in [5.74, 6) is 0.144. The number of carbonyl (C=O) groups is 1. The van der Waals surface area contributed by atoms with Crippen LogP contribution in [0.5, 0.6) is 0 Å². The number of thiocyanates is 1. The van der Waals surface area contributed by atoms with Gasteiger partial charge in [-0.1, -0.05) is 44.7 Å². The molecule has 0 aliphatic rings. The monoisotopic (exact) mass is 223 g/mol. The van der Waals surface area contributed by atoms with E-state index in [1.807, 2.05) is 26.2 Å². The number of Topliss-reactive ketones (excluding diaryl/α,β-unsaturated/α-hetero) is 1. The summed E-state index contributed by atoms with van der Waals surface area (Å²) in [7, 11) is 0. The molecule has 0 saturated heterocycles. The van der Waals surface area contributed by atoms with Gasteiger partial charge >= 0.3 is 0 Å². The van der Waals surface area contributed by atoms with Crippen LogP contribution in [0.25, 0.3) is 0 Å². The van der Waals surface area contributed by atoms with Gasteiger partial charge in [-0.25, -0.2) is 0 Å². The Morgan fingerprint density at radius 3 is 2.53 bits per heavy atom. The molecule has 0 N–H and O–H groups in total. The molecule has 2 nitrogen and oxygen atoms in total. The Labute approximate surface area is 96.4 Å². The SMILES string of the molecule is C=C/C=C(\C=C/C)C(=O)CSC#N.CC. The van der Waals surface area contributed by atoms with E-state index in [-0.39, 0.29) is 11.5 Å². The maximum atomic E-state index is 11.3. The number of hydrogen-bond donors (Lipinski definition) is 0. The largest absolute Gasteiger partial charge is 0.293 e. The number of nitriles is 1. The highest BCUT2D eigenvalue weighted by atomic mass is 32.2. The minimum atomic E-state index is -0.0513. The maximum Gasteiger partial charge on any atom is 0.173 e. The van der Waals surface area contributed by atoms with Crippen LogP contribution in [-0.4, -0.2) is 11.5 Å². The number of thioether (sulfide) groups is 1. The molecule has 0 aliphatic heterocycles. The molecule has 0 fully saturated rings. The van der Waals surface area contributed by atoms with Gasteiger partial charge in [-0.2, -0.15) is 5.26 Å². The molecule has 3 heteroatoms. The van der Waals surface area contributed by atoms with E-state index in [0.29, 0.717) is 5.57 Å². The molecule has 0 atom stereocenters. The van der Waals surface area contributed by atoms with Gasteiger partial charge in [0.1, 0.15) is 5.40 Å². The van der Waals surface area contributed by atoms with Gasteiger partial charge in [0.25, 0.3) is 0 Å². The third-order valence-corrected chi connectivity index (χ3v) is 1.77. The Bertz CT molecular complexity index is 284. The van der Waals surface area contributed by atoms with Crippen LogP contribution in [0.2, 0.25) is 0 Å². The van der Waals surface area contributed by atoms with Crippen molar-refractivity contribution >= 4 is 17.5 Å². The lowest BCUT2D eigenvalue weighted by Crippen LogP contribution is -2.02. The Balaban J connectivity index is 0. The van der Waals surface area contributed by atoms with E-state index >= 15 is 0 Å². The average Bonchev–Trinajstić information content (AvgIpc) is 2.28. The molecule has 0 saturated carbocycles. The molecule has 0 unspecified atom stereocenters. The first-order valence-corrected chi connectivity index (χ1v) is 5.74. The van der Waals surface area contributed by atoms with E-state index in [4.69, 9.17) is 5.26 Å². The van der Waals surface area contributed by atoms with E-state index in [9.17, 15) is 4.79 Å².